The van der Waals surface area contributed by atoms with Crippen LogP contribution in [0.3, 0.4) is 0 Å². The van der Waals surface area contributed by atoms with Crippen LogP contribution in [0.2, 0.25) is 0 Å². The van der Waals surface area contributed by atoms with E-state index < -0.39 is 0 Å². The molecule has 1 atom stereocenters. The lowest BCUT2D eigenvalue weighted by molar-refractivity contribution is -0.125. The van der Waals surface area contributed by atoms with E-state index in [-0.39, 0.29) is 11.9 Å². The van der Waals surface area contributed by atoms with Crippen LogP contribution < -0.4 is 10.2 Å². The highest BCUT2D eigenvalue weighted by Gasteiger charge is 2.25. The van der Waals surface area contributed by atoms with Crippen molar-refractivity contribution in [3.8, 4) is 0 Å². The Bertz CT molecular complexity index is 624. The van der Waals surface area contributed by atoms with E-state index in [1.54, 1.807) is 11.3 Å². The van der Waals surface area contributed by atoms with E-state index in [9.17, 15) is 4.79 Å². The number of amides is 1. The summed E-state index contributed by atoms with van der Waals surface area (Å²) >= 11 is 1.74. The zero-order valence-corrected chi connectivity index (χ0v) is 14.8. The summed E-state index contributed by atoms with van der Waals surface area (Å²) in [6.45, 7) is 6.29. The Morgan fingerprint density at radius 3 is 2.75 bits per heavy atom. The lowest BCUT2D eigenvalue weighted by Gasteiger charge is -2.37. The Balaban J connectivity index is 1.42. The molecule has 6 heteroatoms. The minimum Gasteiger partial charge on any atom is -0.354 e. The first-order valence-electron chi connectivity index (χ1n) is 8.44. The van der Waals surface area contributed by atoms with Gasteiger partial charge in [-0.15, -0.1) is 11.3 Å². The number of hydrogen-bond donors (Lipinski definition) is 1. The second kappa shape index (κ2) is 8.26. The number of pyridine rings is 1. The van der Waals surface area contributed by atoms with Gasteiger partial charge in [0.25, 0.3) is 0 Å². The van der Waals surface area contributed by atoms with Crippen LogP contribution in [0, 0.1) is 0 Å². The van der Waals surface area contributed by atoms with E-state index in [1.807, 2.05) is 37.4 Å². The van der Waals surface area contributed by atoms with Crippen LogP contribution in [0.15, 0.2) is 41.9 Å². The maximum Gasteiger partial charge on any atom is 0.237 e. The molecule has 128 valence electrons. The van der Waals surface area contributed by atoms with E-state index in [1.165, 1.54) is 4.88 Å². The first kappa shape index (κ1) is 16.9. The Morgan fingerprint density at radius 2 is 2.08 bits per heavy atom. The third-order valence-electron chi connectivity index (χ3n) is 4.47. The summed E-state index contributed by atoms with van der Waals surface area (Å²) in [5, 5.41) is 5.13. The third-order valence-corrected chi connectivity index (χ3v) is 5.40. The first-order chi connectivity index (χ1) is 11.7. The number of anilines is 1. The van der Waals surface area contributed by atoms with Crippen molar-refractivity contribution >= 4 is 23.1 Å². The fourth-order valence-electron chi connectivity index (χ4n) is 2.96. The van der Waals surface area contributed by atoms with E-state index in [0.717, 1.165) is 38.4 Å². The number of nitrogens with zero attached hydrogens (tertiary/aromatic N) is 3. The molecular formula is C18H24N4OS. The molecule has 1 fully saturated rings. The molecule has 0 aliphatic carbocycles. The zero-order chi connectivity index (χ0) is 16.8. The molecule has 5 nitrogen and oxygen atoms in total. The summed E-state index contributed by atoms with van der Waals surface area (Å²) in [5.41, 5.74) is 0. The zero-order valence-electron chi connectivity index (χ0n) is 14.0. The monoisotopic (exact) mass is 344 g/mol. The van der Waals surface area contributed by atoms with Crippen LogP contribution in [0.4, 0.5) is 5.82 Å². The molecule has 1 saturated heterocycles. The Kier molecular flexibility index (Phi) is 5.82. The van der Waals surface area contributed by atoms with Gasteiger partial charge in [-0.25, -0.2) is 4.98 Å². The summed E-state index contributed by atoms with van der Waals surface area (Å²) in [6.07, 6.45) is 2.73. The normalized spacial score (nSPS) is 16.8. The Labute approximate surface area is 147 Å². The maximum atomic E-state index is 12.3. The number of piperazine rings is 1. The van der Waals surface area contributed by atoms with Gasteiger partial charge in [-0.2, -0.15) is 0 Å². The molecule has 2 aromatic rings. The van der Waals surface area contributed by atoms with E-state index >= 15 is 0 Å². The molecule has 3 rings (SSSR count). The first-order valence-corrected chi connectivity index (χ1v) is 9.32. The number of nitrogens with one attached hydrogen (secondary N) is 1. The van der Waals surface area contributed by atoms with Crippen molar-refractivity contribution in [2.75, 3.05) is 37.6 Å². The molecule has 1 aliphatic rings. The largest absolute Gasteiger partial charge is 0.354 e. The molecule has 2 aromatic heterocycles. The average Bonchev–Trinajstić information content (AvgIpc) is 3.15. The Hall–Kier alpha value is -1.92. The number of aromatic nitrogens is 1. The molecule has 1 amide bonds. The van der Waals surface area contributed by atoms with Crippen LogP contribution in [0.5, 0.6) is 0 Å². The number of thiophene rings is 1. The van der Waals surface area contributed by atoms with Crippen molar-refractivity contribution in [1.29, 1.82) is 0 Å². The predicted molar refractivity (Wildman–Crippen MR) is 98.5 cm³/mol. The van der Waals surface area contributed by atoms with Crippen LogP contribution in [0.25, 0.3) is 0 Å². The topological polar surface area (TPSA) is 48.5 Å². The van der Waals surface area contributed by atoms with Crippen molar-refractivity contribution < 1.29 is 4.79 Å². The van der Waals surface area contributed by atoms with Gasteiger partial charge >= 0.3 is 0 Å². The van der Waals surface area contributed by atoms with Gasteiger partial charge in [0.15, 0.2) is 0 Å². The molecule has 24 heavy (non-hydrogen) atoms. The van der Waals surface area contributed by atoms with Gasteiger partial charge < -0.3 is 10.2 Å². The standard InChI is InChI=1S/C18H24N4OS/c1-15(18(23)20-9-7-16-5-4-14-24-16)21-10-12-22(13-11-21)17-6-2-3-8-19-17/h2-6,8,14-15H,7,9-13H2,1H3,(H,20,23)/t15-/m1/s1. The van der Waals surface area contributed by atoms with Crippen LogP contribution in [0.1, 0.15) is 11.8 Å². The molecule has 0 spiro atoms. The van der Waals surface area contributed by atoms with Crippen LogP contribution in [-0.4, -0.2) is 54.6 Å². The average molecular weight is 344 g/mol. The molecule has 1 aliphatic heterocycles. The van der Waals surface area contributed by atoms with Gasteiger partial charge in [-0.3, -0.25) is 9.69 Å². The van der Waals surface area contributed by atoms with E-state index in [4.69, 9.17) is 0 Å². The van der Waals surface area contributed by atoms with Crippen molar-refractivity contribution in [3.63, 3.8) is 0 Å². The molecule has 0 aromatic carbocycles. The van der Waals surface area contributed by atoms with Gasteiger partial charge in [0.2, 0.25) is 5.91 Å². The van der Waals surface area contributed by atoms with Crippen molar-refractivity contribution in [3.05, 3.63) is 46.8 Å². The maximum absolute atomic E-state index is 12.3. The van der Waals surface area contributed by atoms with Crippen molar-refractivity contribution in [2.45, 2.75) is 19.4 Å². The van der Waals surface area contributed by atoms with Gasteiger partial charge in [0, 0.05) is 43.8 Å². The van der Waals surface area contributed by atoms with Gasteiger partial charge in [-0.1, -0.05) is 12.1 Å². The molecular weight excluding hydrogens is 320 g/mol. The summed E-state index contributed by atoms with van der Waals surface area (Å²) in [5.74, 6) is 1.14. The van der Waals surface area contributed by atoms with Gasteiger partial charge in [0.05, 0.1) is 6.04 Å². The quantitative estimate of drug-likeness (QED) is 0.871. The Morgan fingerprint density at radius 1 is 1.25 bits per heavy atom. The highest BCUT2D eigenvalue weighted by atomic mass is 32.1. The summed E-state index contributed by atoms with van der Waals surface area (Å²) in [7, 11) is 0. The SMILES string of the molecule is C[C@H](C(=O)NCCc1cccs1)N1CCN(c2ccccn2)CC1. The van der Waals surface area contributed by atoms with Gasteiger partial charge in [0.1, 0.15) is 5.82 Å². The third kappa shape index (κ3) is 4.33. The molecule has 0 bridgehead atoms. The van der Waals surface area contributed by atoms with E-state index in [2.05, 4.69) is 31.5 Å². The lowest BCUT2D eigenvalue weighted by atomic mass is 10.2. The van der Waals surface area contributed by atoms with Gasteiger partial charge in [-0.05, 0) is 36.9 Å². The number of carbonyl (C=O) groups is 1. The smallest absolute Gasteiger partial charge is 0.237 e. The van der Waals surface area contributed by atoms with Crippen LogP contribution in [-0.2, 0) is 11.2 Å². The van der Waals surface area contributed by atoms with Crippen molar-refractivity contribution in [1.82, 2.24) is 15.2 Å². The van der Waals surface area contributed by atoms with Crippen molar-refractivity contribution in [2.24, 2.45) is 0 Å². The summed E-state index contributed by atoms with van der Waals surface area (Å²) in [4.78, 5) is 22.6. The number of rotatable bonds is 6. The fourth-order valence-corrected chi connectivity index (χ4v) is 3.67. The molecule has 0 unspecified atom stereocenters. The van der Waals surface area contributed by atoms with E-state index in [0.29, 0.717) is 6.54 Å². The molecule has 0 saturated carbocycles. The van der Waals surface area contributed by atoms with Crippen LogP contribution >= 0.6 is 11.3 Å². The highest BCUT2D eigenvalue weighted by Crippen LogP contribution is 2.14. The minimum absolute atomic E-state index is 0.0841. The molecule has 0 radical (unpaired) electrons. The highest BCUT2D eigenvalue weighted by molar-refractivity contribution is 7.09. The molecule has 1 N–H and O–H groups in total. The second-order valence-corrected chi connectivity index (χ2v) is 7.04. The number of carbonyl (C=O) groups excluding carboxylic acids is 1. The summed E-state index contributed by atoms with van der Waals surface area (Å²) < 4.78 is 0. The second-order valence-electron chi connectivity index (χ2n) is 6.01. The molecule has 3 heterocycles. The lowest BCUT2D eigenvalue weighted by Crippen LogP contribution is -2.54. The summed E-state index contributed by atoms with van der Waals surface area (Å²) in [6, 6.07) is 10.1. The number of hydrogen-bond acceptors (Lipinski definition) is 5. The predicted octanol–water partition coefficient (Wildman–Crippen LogP) is 2.01. The minimum atomic E-state index is -0.0841. The fraction of sp³-hybridized carbons (Fsp3) is 0.444.